The zero-order valence-corrected chi connectivity index (χ0v) is 19.1. The number of rotatable bonds is 6. The fourth-order valence-electron chi connectivity index (χ4n) is 3.99. The van der Waals surface area contributed by atoms with Crippen LogP contribution in [0, 0.1) is 13.8 Å². The van der Waals surface area contributed by atoms with E-state index < -0.39 is 0 Å². The molecule has 0 fully saturated rings. The second kappa shape index (κ2) is 9.01. The van der Waals surface area contributed by atoms with Gasteiger partial charge in [0.2, 0.25) is 5.91 Å². The third kappa shape index (κ3) is 4.18. The molecule has 6 nitrogen and oxygen atoms in total. The number of aryl methyl sites for hydroxylation is 2. The Hall–Kier alpha value is -3.38. The van der Waals surface area contributed by atoms with Crippen LogP contribution in [0.2, 0.25) is 5.02 Å². The number of benzene rings is 2. The number of amides is 1. The molecule has 0 atom stereocenters. The van der Waals surface area contributed by atoms with E-state index in [4.69, 9.17) is 11.6 Å². The van der Waals surface area contributed by atoms with Gasteiger partial charge in [0.15, 0.2) is 0 Å². The van der Waals surface area contributed by atoms with Gasteiger partial charge in [0, 0.05) is 41.9 Å². The molecule has 0 aliphatic carbocycles. The SMILES string of the molecule is Cc1c2cnn(CC(=O)N(C)Cc3ccccc3)c(=O)c2c(C)n1Cc1ccccc1Cl. The number of halogens is 1. The minimum Gasteiger partial charge on any atom is -0.343 e. The molecule has 1 amide bonds. The van der Waals surface area contributed by atoms with Gasteiger partial charge in [-0.25, -0.2) is 4.68 Å². The molecular weight excluding hydrogens is 424 g/mol. The van der Waals surface area contributed by atoms with Gasteiger partial charge in [0.05, 0.1) is 11.6 Å². The Morgan fingerprint density at radius 1 is 1.03 bits per heavy atom. The Balaban J connectivity index is 1.62. The highest BCUT2D eigenvalue weighted by Crippen LogP contribution is 2.25. The van der Waals surface area contributed by atoms with Crippen LogP contribution in [0.1, 0.15) is 22.5 Å². The molecule has 2 aromatic carbocycles. The van der Waals surface area contributed by atoms with Crippen molar-refractivity contribution in [3.63, 3.8) is 0 Å². The van der Waals surface area contributed by atoms with Gasteiger partial charge in [-0.2, -0.15) is 5.10 Å². The van der Waals surface area contributed by atoms with Gasteiger partial charge >= 0.3 is 0 Å². The smallest absolute Gasteiger partial charge is 0.276 e. The summed E-state index contributed by atoms with van der Waals surface area (Å²) in [5.41, 5.74) is 3.53. The largest absolute Gasteiger partial charge is 0.343 e. The van der Waals surface area contributed by atoms with Crippen LogP contribution in [0.4, 0.5) is 0 Å². The molecule has 0 aliphatic heterocycles. The number of likely N-dealkylation sites (N-methyl/N-ethyl adjacent to an activating group) is 1. The summed E-state index contributed by atoms with van der Waals surface area (Å²) in [5, 5.41) is 6.36. The van der Waals surface area contributed by atoms with E-state index in [2.05, 4.69) is 9.67 Å². The Labute approximate surface area is 191 Å². The highest BCUT2D eigenvalue weighted by atomic mass is 35.5. The van der Waals surface area contributed by atoms with Crippen LogP contribution >= 0.6 is 11.6 Å². The van der Waals surface area contributed by atoms with Gasteiger partial charge in [0.25, 0.3) is 5.56 Å². The molecule has 32 heavy (non-hydrogen) atoms. The number of nitrogens with zero attached hydrogens (tertiary/aromatic N) is 4. The quantitative estimate of drug-likeness (QED) is 0.444. The first-order valence-electron chi connectivity index (χ1n) is 10.4. The number of hydrogen-bond acceptors (Lipinski definition) is 3. The Bertz CT molecular complexity index is 1340. The first kappa shape index (κ1) is 21.8. The molecule has 0 spiro atoms. The Morgan fingerprint density at radius 2 is 1.72 bits per heavy atom. The van der Waals surface area contributed by atoms with Crippen LogP contribution in [-0.2, 0) is 24.4 Å². The molecule has 7 heteroatoms. The average Bonchev–Trinajstić information content (AvgIpc) is 3.02. The van der Waals surface area contributed by atoms with E-state index in [-0.39, 0.29) is 18.0 Å². The lowest BCUT2D eigenvalue weighted by atomic mass is 10.2. The number of carbonyl (C=O) groups excluding carboxylic acids is 1. The summed E-state index contributed by atoms with van der Waals surface area (Å²) in [7, 11) is 1.73. The lowest BCUT2D eigenvalue weighted by molar-refractivity contribution is -0.131. The molecule has 0 saturated heterocycles. The van der Waals surface area contributed by atoms with E-state index in [1.54, 1.807) is 18.1 Å². The normalized spacial score (nSPS) is 11.1. The number of hydrogen-bond donors (Lipinski definition) is 0. The molecule has 0 aliphatic rings. The van der Waals surface area contributed by atoms with Crippen molar-refractivity contribution in [2.24, 2.45) is 0 Å². The fourth-order valence-corrected chi connectivity index (χ4v) is 4.18. The summed E-state index contributed by atoms with van der Waals surface area (Å²) in [6.45, 7) is 4.82. The molecule has 164 valence electrons. The zero-order chi connectivity index (χ0) is 22.8. The van der Waals surface area contributed by atoms with Crippen LogP contribution < -0.4 is 5.56 Å². The predicted molar refractivity (Wildman–Crippen MR) is 127 cm³/mol. The van der Waals surface area contributed by atoms with E-state index in [1.807, 2.05) is 68.4 Å². The maximum absolute atomic E-state index is 13.2. The molecule has 0 N–H and O–H groups in total. The van der Waals surface area contributed by atoms with Crippen LogP contribution in [-0.4, -0.2) is 32.2 Å². The number of aromatic nitrogens is 3. The summed E-state index contributed by atoms with van der Waals surface area (Å²) >= 11 is 6.35. The monoisotopic (exact) mass is 448 g/mol. The topological polar surface area (TPSA) is 60.1 Å². The van der Waals surface area contributed by atoms with Crippen molar-refractivity contribution in [1.29, 1.82) is 0 Å². The minimum absolute atomic E-state index is 0.105. The van der Waals surface area contributed by atoms with E-state index >= 15 is 0 Å². The van der Waals surface area contributed by atoms with Crippen molar-refractivity contribution < 1.29 is 4.79 Å². The first-order chi connectivity index (χ1) is 15.4. The molecular formula is C25H25ClN4O2. The highest BCUT2D eigenvalue weighted by Gasteiger charge is 2.19. The summed E-state index contributed by atoms with van der Waals surface area (Å²) in [6.07, 6.45) is 1.67. The van der Waals surface area contributed by atoms with Crippen LogP contribution in [0.5, 0.6) is 0 Å². The number of carbonyl (C=O) groups is 1. The summed E-state index contributed by atoms with van der Waals surface area (Å²) in [4.78, 5) is 27.6. The Kier molecular flexibility index (Phi) is 6.15. The van der Waals surface area contributed by atoms with Gasteiger partial charge in [-0.05, 0) is 31.0 Å². The minimum atomic E-state index is -0.262. The average molecular weight is 449 g/mol. The lowest BCUT2D eigenvalue weighted by Gasteiger charge is -2.17. The van der Waals surface area contributed by atoms with Crippen LogP contribution in [0.15, 0.2) is 65.6 Å². The maximum Gasteiger partial charge on any atom is 0.276 e. The van der Waals surface area contributed by atoms with Gasteiger partial charge in [-0.15, -0.1) is 0 Å². The fraction of sp³-hybridized carbons (Fsp3) is 0.240. The highest BCUT2D eigenvalue weighted by molar-refractivity contribution is 6.31. The molecule has 2 heterocycles. The van der Waals surface area contributed by atoms with Crippen molar-refractivity contribution >= 4 is 28.3 Å². The van der Waals surface area contributed by atoms with Crippen LogP contribution in [0.3, 0.4) is 0 Å². The third-order valence-corrected chi connectivity index (χ3v) is 6.23. The van der Waals surface area contributed by atoms with Crippen molar-refractivity contribution in [2.45, 2.75) is 33.5 Å². The van der Waals surface area contributed by atoms with Crippen molar-refractivity contribution in [3.8, 4) is 0 Å². The lowest BCUT2D eigenvalue weighted by Crippen LogP contribution is -2.34. The zero-order valence-electron chi connectivity index (χ0n) is 18.4. The van der Waals surface area contributed by atoms with Gasteiger partial charge in [-0.1, -0.05) is 60.1 Å². The third-order valence-electron chi connectivity index (χ3n) is 5.86. The van der Waals surface area contributed by atoms with Crippen LogP contribution in [0.25, 0.3) is 10.8 Å². The van der Waals surface area contributed by atoms with Crippen molar-refractivity contribution in [3.05, 3.63) is 98.7 Å². The van der Waals surface area contributed by atoms with E-state index in [0.29, 0.717) is 23.5 Å². The second-order valence-corrected chi connectivity index (χ2v) is 8.39. The van der Waals surface area contributed by atoms with Crippen molar-refractivity contribution in [1.82, 2.24) is 19.2 Å². The Morgan fingerprint density at radius 3 is 2.44 bits per heavy atom. The maximum atomic E-state index is 13.2. The standard InChI is InChI=1S/C25H25ClN4O2/c1-17-21-13-27-30(16-23(31)28(3)14-19-9-5-4-6-10-19)25(32)24(21)18(2)29(17)15-20-11-7-8-12-22(20)26/h4-13H,14-16H2,1-3H3. The van der Waals surface area contributed by atoms with E-state index in [1.165, 1.54) is 4.68 Å². The van der Waals surface area contributed by atoms with Gasteiger partial charge < -0.3 is 9.47 Å². The molecule has 0 saturated carbocycles. The molecule has 4 rings (SSSR count). The summed E-state index contributed by atoms with van der Waals surface area (Å²) in [5.74, 6) is -0.173. The van der Waals surface area contributed by atoms with E-state index in [0.717, 1.165) is 27.9 Å². The first-order valence-corrected chi connectivity index (χ1v) is 10.8. The van der Waals surface area contributed by atoms with E-state index in [9.17, 15) is 9.59 Å². The number of fused-ring (bicyclic) bond motifs is 1. The molecule has 2 aromatic heterocycles. The molecule has 0 bridgehead atoms. The van der Waals surface area contributed by atoms with Gasteiger partial charge in [0.1, 0.15) is 6.54 Å². The summed E-state index contributed by atoms with van der Waals surface area (Å²) in [6, 6.07) is 17.4. The molecule has 0 unspecified atom stereocenters. The second-order valence-electron chi connectivity index (χ2n) is 7.98. The molecule has 4 aromatic rings. The van der Waals surface area contributed by atoms with Crippen molar-refractivity contribution in [2.75, 3.05) is 7.05 Å². The summed E-state index contributed by atoms with van der Waals surface area (Å²) < 4.78 is 3.32. The predicted octanol–water partition coefficient (Wildman–Crippen LogP) is 4.18. The molecule has 0 radical (unpaired) electrons. The van der Waals surface area contributed by atoms with Gasteiger partial charge in [-0.3, -0.25) is 9.59 Å².